The lowest BCUT2D eigenvalue weighted by atomic mass is 9.96. The van der Waals surface area contributed by atoms with E-state index in [0.29, 0.717) is 13.0 Å². The third kappa shape index (κ3) is 2.91. The summed E-state index contributed by atoms with van der Waals surface area (Å²) < 4.78 is 4.94. The van der Waals surface area contributed by atoms with E-state index in [4.69, 9.17) is 4.74 Å². The van der Waals surface area contributed by atoms with Gasteiger partial charge in [-0.05, 0) is 18.8 Å². The van der Waals surface area contributed by atoms with Gasteiger partial charge in [-0.2, -0.15) is 0 Å². The molecule has 1 aliphatic rings. The standard InChI is InChI=1S/C9H16O2/c1-2-3-8-4-5-9(10)11-7-6-8/h8H,2-7H2,1H3/t8-/m1/s1. The molecule has 1 rings (SSSR count). The summed E-state index contributed by atoms with van der Waals surface area (Å²) in [5.41, 5.74) is 0. The summed E-state index contributed by atoms with van der Waals surface area (Å²) in [4.78, 5) is 10.8. The Morgan fingerprint density at radius 2 is 2.36 bits per heavy atom. The van der Waals surface area contributed by atoms with Gasteiger partial charge in [-0.25, -0.2) is 0 Å². The zero-order valence-electron chi connectivity index (χ0n) is 7.14. The molecule has 0 saturated carbocycles. The van der Waals surface area contributed by atoms with Crippen LogP contribution in [0.2, 0.25) is 0 Å². The second-order valence-corrected chi connectivity index (χ2v) is 3.20. The first-order chi connectivity index (χ1) is 5.33. The number of carbonyl (C=O) groups excluding carboxylic acids is 1. The molecule has 2 nitrogen and oxygen atoms in total. The Balaban J connectivity index is 2.28. The average Bonchev–Trinajstić information content (AvgIpc) is 2.17. The maximum atomic E-state index is 10.8. The minimum absolute atomic E-state index is 0.0106. The number of ether oxygens (including phenoxy) is 1. The third-order valence-corrected chi connectivity index (χ3v) is 2.24. The predicted molar refractivity (Wildman–Crippen MR) is 43.2 cm³/mol. The van der Waals surface area contributed by atoms with Crippen LogP contribution in [-0.4, -0.2) is 12.6 Å². The van der Waals surface area contributed by atoms with Crippen LogP contribution in [-0.2, 0) is 9.53 Å². The summed E-state index contributed by atoms with van der Waals surface area (Å²) in [6.45, 7) is 2.83. The summed E-state index contributed by atoms with van der Waals surface area (Å²) >= 11 is 0. The molecule has 0 aliphatic carbocycles. The van der Waals surface area contributed by atoms with Crippen LogP contribution in [0.25, 0.3) is 0 Å². The summed E-state index contributed by atoms with van der Waals surface area (Å²) in [5.74, 6) is 0.718. The van der Waals surface area contributed by atoms with Gasteiger partial charge in [0.2, 0.25) is 0 Å². The van der Waals surface area contributed by atoms with Crippen LogP contribution in [0.15, 0.2) is 0 Å². The first kappa shape index (κ1) is 8.57. The first-order valence-corrected chi connectivity index (χ1v) is 4.48. The van der Waals surface area contributed by atoms with Gasteiger partial charge in [-0.3, -0.25) is 4.79 Å². The molecule has 0 amide bonds. The average molecular weight is 156 g/mol. The fourth-order valence-corrected chi connectivity index (χ4v) is 1.57. The fourth-order valence-electron chi connectivity index (χ4n) is 1.57. The van der Waals surface area contributed by atoms with Crippen molar-refractivity contribution in [1.29, 1.82) is 0 Å². The molecule has 1 aliphatic heterocycles. The lowest BCUT2D eigenvalue weighted by molar-refractivity contribution is -0.142. The van der Waals surface area contributed by atoms with Gasteiger partial charge in [0, 0.05) is 6.42 Å². The van der Waals surface area contributed by atoms with Crippen LogP contribution in [0.5, 0.6) is 0 Å². The van der Waals surface area contributed by atoms with Gasteiger partial charge in [0.05, 0.1) is 6.61 Å². The minimum atomic E-state index is -0.0106. The Labute approximate surface area is 67.9 Å². The Kier molecular flexibility index (Phi) is 3.40. The molecule has 0 spiro atoms. The summed E-state index contributed by atoms with van der Waals surface area (Å²) in [6.07, 6.45) is 5.20. The van der Waals surface area contributed by atoms with Crippen molar-refractivity contribution >= 4 is 5.97 Å². The highest BCUT2D eigenvalue weighted by atomic mass is 16.5. The molecule has 1 fully saturated rings. The molecular formula is C9H16O2. The summed E-state index contributed by atoms with van der Waals surface area (Å²) in [6, 6.07) is 0. The molecule has 0 bridgehead atoms. The molecule has 0 aromatic rings. The Morgan fingerprint density at radius 3 is 3.09 bits per heavy atom. The van der Waals surface area contributed by atoms with E-state index in [-0.39, 0.29) is 5.97 Å². The molecule has 0 aromatic heterocycles. The van der Waals surface area contributed by atoms with Gasteiger partial charge in [0.25, 0.3) is 0 Å². The van der Waals surface area contributed by atoms with Crippen LogP contribution in [0, 0.1) is 5.92 Å². The molecule has 1 heterocycles. The fraction of sp³-hybridized carbons (Fsp3) is 0.889. The van der Waals surface area contributed by atoms with Crippen molar-refractivity contribution in [2.24, 2.45) is 5.92 Å². The Hall–Kier alpha value is -0.530. The molecule has 1 saturated heterocycles. The second-order valence-electron chi connectivity index (χ2n) is 3.20. The van der Waals surface area contributed by atoms with Crippen molar-refractivity contribution in [3.8, 4) is 0 Å². The maximum Gasteiger partial charge on any atom is 0.305 e. The number of cyclic esters (lactones) is 1. The van der Waals surface area contributed by atoms with Gasteiger partial charge in [-0.15, -0.1) is 0 Å². The van der Waals surface area contributed by atoms with E-state index >= 15 is 0 Å². The number of rotatable bonds is 2. The van der Waals surface area contributed by atoms with Gasteiger partial charge in [0.15, 0.2) is 0 Å². The largest absolute Gasteiger partial charge is 0.466 e. The maximum absolute atomic E-state index is 10.8. The molecule has 1 atom stereocenters. The predicted octanol–water partition coefficient (Wildman–Crippen LogP) is 2.13. The lowest BCUT2D eigenvalue weighted by Gasteiger charge is -2.09. The van der Waals surface area contributed by atoms with Gasteiger partial charge in [0.1, 0.15) is 0 Å². The number of hydrogen-bond acceptors (Lipinski definition) is 2. The molecule has 2 heteroatoms. The van der Waals surface area contributed by atoms with E-state index in [9.17, 15) is 4.79 Å². The van der Waals surface area contributed by atoms with E-state index in [2.05, 4.69) is 6.92 Å². The minimum Gasteiger partial charge on any atom is -0.466 e. The third-order valence-electron chi connectivity index (χ3n) is 2.24. The highest BCUT2D eigenvalue weighted by molar-refractivity contribution is 5.69. The van der Waals surface area contributed by atoms with E-state index in [0.717, 1.165) is 18.8 Å². The van der Waals surface area contributed by atoms with Gasteiger partial charge >= 0.3 is 5.97 Å². The Morgan fingerprint density at radius 1 is 1.55 bits per heavy atom. The molecule has 11 heavy (non-hydrogen) atoms. The van der Waals surface area contributed by atoms with Crippen LogP contribution in [0.3, 0.4) is 0 Å². The quantitative estimate of drug-likeness (QED) is 0.572. The van der Waals surface area contributed by atoms with Crippen LogP contribution < -0.4 is 0 Å². The van der Waals surface area contributed by atoms with Crippen LogP contribution >= 0.6 is 0 Å². The second kappa shape index (κ2) is 4.37. The zero-order valence-corrected chi connectivity index (χ0v) is 7.14. The zero-order chi connectivity index (χ0) is 8.10. The summed E-state index contributed by atoms with van der Waals surface area (Å²) in [7, 11) is 0. The number of esters is 1. The molecule has 0 unspecified atom stereocenters. The van der Waals surface area contributed by atoms with Crippen LogP contribution in [0.4, 0.5) is 0 Å². The van der Waals surface area contributed by atoms with E-state index in [1.807, 2.05) is 0 Å². The van der Waals surface area contributed by atoms with Crippen molar-refractivity contribution in [3.63, 3.8) is 0 Å². The highest BCUT2D eigenvalue weighted by Gasteiger charge is 2.15. The lowest BCUT2D eigenvalue weighted by Crippen LogP contribution is -2.00. The monoisotopic (exact) mass is 156 g/mol. The van der Waals surface area contributed by atoms with Crippen LogP contribution in [0.1, 0.15) is 39.0 Å². The molecule has 64 valence electrons. The first-order valence-electron chi connectivity index (χ1n) is 4.48. The normalized spacial score (nSPS) is 25.9. The smallest absolute Gasteiger partial charge is 0.305 e. The highest BCUT2D eigenvalue weighted by Crippen LogP contribution is 2.20. The molecule has 0 N–H and O–H groups in total. The van der Waals surface area contributed by atoms with Crippen molar-refractivity contribution in [2.75, 3.05) is 6.61 Å². The van der Waals surface area contributed by atoms with Gasteiger partial charge in [-0.1, -0.05) is 19.8 Å². The topological polar surface area (TPSA) is 26.3 Å². The summed E-state index contributed by atoms with van der Waals surface area (Å²) in [5, 5.41) is 0. The SMILES string of the molecule is CCC[C@H]1CCOC(=O)CC1. The molecular weight excluding hydrogens is 140 g/mol. The Bertz CT molecular complexity index is 132. The molecule has 0 radical (unpaired) electrons. The van der Waals surface area contributed by atoms with Crippen molar-refractivity contribution in [2.45, 2.75) is 39.0 Å². The van der Waals surface area contributed by atoms with Crippen molar-refractivity contribution in [1.82, 2.24) is 0 Å². The van der Waals surface area contributed by atoms with Gasteiger partial charge < -0.3 is 4.74 Å². The van der Waals surface area contributed by atoms with Crippen molar-refractivity contribution in [3.05, 3.63) is 0 Å². The number of hydrogen-bond donors (Lipinski definition) is 0. The molecule has 0 aromatic carbocycles. The van der Waals surface area contributed by atoms with Crippen molar-refractivity contribution < 1.29 is 9.53 Å². The number of carbonyl (C=O) groups is 1. The van der Waals surface area contributed by atoms with E-state index in [1.165, 1.54) is 12.8 Å². The van der Waals surface area contributed by atoms with E-state index in [1.54, 1.807) is 0 Å². The van der Waals surface area contributed by atoms with E-state index < -0.39 is 0 Å².